The largest absolute Gasteiger partial charge is 0.497 e. The third kappa shape index (κ3) is 6.68. The van der Waals surface area contributed by atoms with Crippen molar-refractivity contribution in [2.24, 2.45) is 0 Å². The van der Waals surface area contributed by atoms with Gasteiger partial charge in [-0.05, 0) is 72.0 Å². The number of carbonyl (C=O) groups is 3. The van der Waals surface area contributed by atoms with Gasteiger partial charge in [-0.3, -0.25) is 15.3 Å². The van der Waals surface area contributed by atoms with Crippen molar-refractivity contribution in [1.82, 2.24) is 9.79 Å². The van der Waals surface area contributed by atoms with E-state index in [0.717, 1.165) is 17.1 Å². The molecular weight excluding hydrogens is 574 g/mol. The second-order valence-corrected chi connectivity index (χ2v) is 11.8. The summed E-state index contributed by atoms with van der Waals surface area (Å²) >= 11 is 1.18. The van der Waals surface area contributed by atoms with Gasteiger partial charge in [0, 0.05) is 12.2 Å². The minimum atomic E-state index is -4.31. The minimum Gasteiger partial charge on any atom is -0.497 e. The molecule has 2 amide bonds. The molecule has 218 valence electrons. The van der Waals surface area contributed by atoms with E-state index in [9.17, 15) is 28.0 Å². The Morgan fingerprint density at radius 1 is 1.07 bits per heavy atom. The van der Waals surface area contributed by atoms with Gasteiger partial charge in [-0.1, -0.05) is 13.3 Å². The molecule has 1 aromatic heterocycles. The normalized spacial score (nSPS) is 16.8. The molecular formula is C27H29N3O9S2. The molecule has 2 atom stereocenters. The fourth-order valence-corrected chi connectivity index (χ4v) is 6.74. The Hall–Kier alpha value is -3.98. The number of sulfonamides is 1. The van der Waals surface area contributed by atoms with Gasteiger partial charge >= 0.3 is 12.1 Å². The summed E-state index contributed by atoms with van der Waals surface area (Å²) in [6.45, 7) is 2.10. The van der Waals surface area contributed by atoms with E-state index in [0.29, 0.717) is 28.4 Å². The number of rotatable bonds is 10. The van der Waals surface area contributed by atoms with Gasteiger partial charge in [0.2, 0.25) is 10.0 Å². The average molecular weight is 604 g/mol. The van der Waals surface area contributed by atoms with Crippen molar-refractivity contribution in [2.75, 3.05) is 19.0 Å². The SMILES string of the molecule is CCCCOC(=O)c1ccc(NC(=O)OC2c3sccc3CN(S(=O)(=O)c3ccc(OC)cc3)C2C(=O)NO)cc1. The number of thiophene rings is 1. The van der Waals surface area contributed by atoms with Crippen LogP contribution in [0, 0.1) is 0 Å². The molecule has 2 aromatic carbocycles. The Labute approximate surface area is 240 Å². The number of ether oxygens (including phenoxy) is 3. The van der Waals surface area contributed by atoms with E-state index in [1.165, 1.54) is 72.5 Å². The first-order chi connectivity index (χ1) is 19.7. The molecule has 1 aliphatic heterocycles. The quantitative estimate of drug-likeness (QED) is 0.134. The van der Waals surface area contributed by atoms with Gasteiger partial charge in [0.15, 0.2) is 6.10 Å². The molecule has 3 N–H and O–H groups in total. The van der Waals surface area contributed by atoms with Crippen LogP contribution in [0.1, 0.15) is 46.7 Å². The number of hydroxylamine groups is 1. The summed E-state index contributed by atoms with van der Waals surface area (Å²) in [4.78, 5) is 38.3. The van der Waals surface area contributed by atoms with Crippen LogP contribution in [-0.2, 0) is 30.8 Å². The molecule has 0 saturated heterocycles. The number of unbranched alkanes of at least 4 members (excludes halogenated alkanes) is 1. The van der Waals surface area contributed by atoms with E-state index in [2.05, 4.69) is 5.32 Å². The highest BCUT2D eigenvalue weighted by molar-refractivity contribution is 7.89. The van der Waals surface area contributed by atoms with Crippen molar-refractivity contribution in [2.45, 2.75) is 43.4 Å². The molecule has 2 unspecified atom stereocenters. The summed E-state index contributed by atoms with van der Waals surface area (Å²) in [6, 6.07) is 11.6. The lowest BCUT2D eigenvalue weighted by atomic mass is 10.0. The number of esters is 1. The second kappa shape index (κ2) is 13.1. The number of hydrogen-bond donors (Lipinski definition) is 3. The summed E-state index contributed by atoms with van der Waals surface area (Å²) in [5.41, 5.74) is 2.63. The predicted molar refractivity (Wildman–Crippen MR) is 148 cm³/mol. The Kier molecular flexibility index (Phi) is 9.60. The van der Waals surface area contributed by atoms with Crippen molar-refractivity contribution in [3.63, 3.8) is 0 Å². The van der Waals surface area contributed by atoms with Crippen LogP contribution in [0.15, 0.2) is 64.9 Å². The third-order valence-corrected chi connectivity index (χ3v) is 9.20. The fourth-order valence-electron chi connectivity index (χ4n) is 4.20. The number of benzene rings is 2. The van der Waals surface area contributed by atoms with Crippen LogP contribution in [0.3, 0.4) is 0 Å². The van der Waals surface area contributed by atoms with Gasteiger partial charge in [0.25, 0.3) is 5.91 Å². The van der Waals surface area contributed by atoms with Crippen LogP contribution in [0.5, 0.6) is 5.75 Å². The number of methoxy groups -OCH3 is 1. The average Bonchev–Trinajstić information content (AvgIpc) is 3.46. The lowest BCUT2D eigenvalue weighted by Crippen LogP contribution is -2.54. The fraction of sp³-hybridized carbons (Fsp3) is 0.296. The molecule has 0 spiro atoms. The predicted octanol–water partition coefficient (Wildman–Crippen LogP) is 4.08. The number of amides is 2. The van der Waals surface area contributed by atoms with Crippen LogP contribution in [0.2, 0.25) is 0 Å². The summed E-state index contributed by atoms with van der Waals surface area (Å²) in [7, 11) is -2.86. The lowest BCUT2D eigenvalue weighted by Gasteiger charge is -2.38. The summed E-state index contributed by atoms with van der Waals surface area (Å²) in [5.74, 6) is -1.13. The van der Waals surface area contributed by atoms with Crippen molar-refractivity contribution >= 4 is 45.0 Å². The van der Waals surface area contributed by atoms with Gasteiger partial charge in [-0.25, -0.2) is 23.5 Å². The molecule has 0 fully saturated rings. The highest BCUT2D eigenvalue weighted by Crippen LogP contribution is 2.41. The zero-order valence-corrected chi connectivity index (χ0v) is 23.9. The zero-order valence-electron chi connectivity index (χ0n) is 22.2. The van der Waals surface area contributed by atoms with Gasteiger partial charge in [0.1, 0.15) is 11.8 Å². The highest BCUT2D eigenvalue weighted by Gasteiger charge is 2.48. The molecule has 0 aliphatic carbocycles. The molecule has 0 saturated carbocycles. The van der Waals surface area contributed by atoms with E-state index in [1.54, 1.807) is 11.4 Å². The van der Waals surface area contributed by atoms with E-state index in [-0.39, 0.29) is 17.1 Å². The number of carbonyl (C=O) groups excluding carboxylic acids is 3. The van der Waals surface area contributed by atoms with Crippen molar-refractivity contribution in [3.8, 4) is 5.75 Å². The van der Waals surface area contributed by atoms with Crippen molar-refractivity contribution < 1.29 is 42.2 Å². The molecule has 2 heterocycles. The summed E-state index contributed by atoms with van der Waals surface area (Å²) < 4.78 is 44.1. The second-order valence-electron chi connectivity index (χ2n) is 8.97. The molecule has 1 aliphatic rings. The van der Waals surface area contributed by atoms with Crippen LogP contribution in [-0.4, -0.2) is 55.7 Å². The number of nitrogens with zero attached hydrogens (tertiary/aromatic N) is 1. The lowest BCUT2D eigenvalue weighted by molar-refractivity contribution is -0.137. The van der Waals surface area contributed by atoms with Gasteiger partial charge in [-0.2, -0.15) is 4.31 Å². The smallest absolute Gasteiger partial charge is 0.412 e. The van der Waals surface area contributed by atoms with Crippen molar-refractivity contribution in [1.29, 1.82) is 0 Å². The van der Waals surface area contributed by atoms with Gasteiger partial charge < -0.3 is 14.2 Å². The molecule has 12 nitrogen and oxygen atoms in total. The molecule has 14 heteroatoms. The molecule has 3 aromatic rings. The maximum absolute atomic E-state index is 13.7. The van der Waals surface area contributed by atoms with Gasteiger partial charge in [0.05, 0.1) is 29.1 Å². The maximum Gasteiger partial charge on any atom is 0.412 e. The number of hydrogen-bond acceptors (Lipinski definition) is 10. The number of fused-ring (bicyclic) bond motifs is 1. The van der Waals surface area contributed by atoms with E-state index in [1.807, 2.05) is 6.92 Å². The van der Waals surface area contributed by atoms with E-state index < -0.39 is 40.1 Å². The van der Waals surface area contributed by atoms with E-state index in [4.69, 9.17) is 14.2 Å². The first kappa shape index (κ1) is 30.0. The minimum absolute atomic E-state index is 0.121. The first-order valence-electron chi connectivity index (χ1n) is 12.6. The molecule has 0 bridgehead atoms. The van der Waals surface area contributed by atoms with Crippen molar-refractivity contribution in [3.05, 3.63) is 76.0 Å². The summed E-state index contributed by atoms with van der Waals surface area (Å²) in [5, 5.41) is 13.7. The topological polar surface area (TPSA) is 161 Å². The van der Waals surface area contributed by atoms with Gasteiger partial charge in [-0.15, -0.1) is 11.3 Å². The Morgan fingerprint density at radius 3 is 2.41 bits per heavy atom. The monoisotopic (exact) mass is 603 g/mol. The van der Waals surface area contributed by atoms with Crippen LogP contribution in [0.25, 0.3) is 0 Å². The number of nitrogens with one attached hydrogen (secondary N) is 2. The Morgan fingerprint density at radius 2 is 1.78 bits per heavy atom. The first-order valence-corrected chi connectivity index (χ1v) is 14.9. The Bertz CT molecular complexity index is 1490. The summed E-state index contributed by atoms with van der Waals surface area (Å²) in [6.07, 6.45) is -0.727. The van der Waals surface area contributed by atoms with Crippen LogP contribution < -0.4 is 15.5 Å². The highest BCUT2D eigenvalue weighted by atomic mass is 32.2. The van der Waals surface area contributed by atoms with Crippen LogP contribution >= 0.6 is 11.3 Å². The molecule has 4 rings (SSSR count). The number of anilines is 1. The maximum atomic E-state index is 13.7. The zero-order chi connectivity index (χ0) is 29.6. The molecule has 0 radical (unpaired) electrons. The molecule has 41 heavy (non-hydrogen) atoms. The van der Waals surface area contributed by atoms with E-state index >= 15 is 0 Å². The Balaban J connectivity index is 1.57. The van der Waals surface area contributed by atoms with Crippen LogP contribution in [0.4, 0.5) is 10.5 Å². The third-order valence-electron chi connectivity index (χ3n) is 6.34. The standard InChI is InChI=1S/C27H29N3O9S2/c1-3-4-14-38-26(32)17-5-7-19(8-6-17)28-27(33)39-23-22(25(31)29-34)30(16-18-13-15-40-24(18)23)41(35,36)21-11-9-20(37-2)10-12-21/h5-13,15,22-23,34H,3-4,14,16H2,1-2H3,(H,28,33)(H,29,31).